The van der Waals surface area contributed by atoms with Gasteiger partial charge in [-0.1, -0.05) is 46.6 Å². The Kier molecular flexibility index (Phi) is 21.9. The molecule has 2 saturated heterocycles. The van der Waals surface area contributed by atoms with Gasteiger partial charge in [0, 0.05) is 31.2 Å². The van der Waals surface area contributed by atoms with Gasteiger partial charge in [-0.15, -0.1) is 0 Å². The first-order chi connectivity index (χ1) is 18.5. The zero-order valence-electron chi connectivity index (χ0n) is 28.0. The lowest BCUT2D eigenvalue weighted by atomic mass is 9.99. The van der Waals surface area contributed by atoms with Crippen LogP contribution >= 0.6 is 0 Å². The fourth-order valence-electron chi connectivity index (χ4n) is 4.40. The van der Waals surface area contributed by atoms with Gasteiger partial charge >= 0.3 is 0 Å². The van der Waals surface area contributed by atoms with Crippen molar-refractivity contribution in [3.05, 3.63) is 11.6 Å². The molecule has 0 saturated carbocycles. The van der Waals surface area contributed by atoms with E-state index in [9.17, 15) is 14.4 Å². The Balaban J connectivity index is 0. The van der Waals surface area contributed by atoms with Crippen LogP contribution in [0.1, 0.15) is 115 Å². The minimum atomic E-state index is -0.500. The van der Waals surface area contributed by atoms with Gasteiger partial charge in [-0.05, 0) is 93.2 Å². The third-order valence-corrected chi connectivity index (χ3v) is 6.55. The number of carbonyl (C=O) groups is 3. The molecule has 0 aromatic carbocycles. The molecule has 0 aliphatic carbocycles. The van der Waals surface area contributed by atoms with E-state index < -0.39 is 5.60 Å². The lowest BCUT2D eigenvalue weighted by Crippen LogP contribution is -2.44. The highest BCUT2D eigenvalue weighted by Gasteiger charge is 2.28. The second-order valence-electron chi connectivity index (χ2n) is 12.6. The van der Waals surface area contributed by atoms with Crippen molar-refractivity contribution in [3.63, 3.8) is 0 Å². The van der Waals surface area contributed by atoms with Gasteiger partial charge in [-0.25, -0.2) is 0 Å². The van der Waals surface area contributed by atoms with Crippen LogP contribution < -0.4 is 5.32 Å². The Hall–Kier alpha value is -1.93. The molecule has 2 aliphatic heterocycles. The molecule has 8 heteroatoms. The second-order valence-corrected chi connectivity index (χ2v) is 12.6. The van der Waals surface area contributed by atoms with Gasteiger partial charge in [0.25, 0.3) is 0 Å². The van der Waals surface area contributed by atoms with Crippen molar-refractivity contribution >= 4 is 18.2 Å². The number of rotatable bonds is 8. The van der Waals surface area contributed by atoms with Crippen LogP contribution in [0.15, 0.2) is 11.6 Å². The molecule has 2 N–H and O–H groups in total. The topological polar surface area (TPSA) is 93.2 Å². The SMILES string of the molecule is C/C(=C\[C@H](C(C)C)N(C)C(=O)CNC=O)C(=O)N1CCC[C@H]1C.CC(C)(C)O.CC(C)N1CCCCC1.CCC. The third-order valence-electron chi connectivity index (χ3n) is 6.55. The Morgan fingerprint density at radius 2 is 1.52 bits per heavy atom. The van der Waals surface area contributed by atoms with Crippen molar-refractivity contribution < 1.29 is 19.5 Å². The highest BCUT2D eigenvalue weighted by atomic mass is 16.3. The molecule has 8 nitrogen and oxygen atoms in total. The summed E-state index contributed by atoms with van der Waals surface area (Å²) in [7, 11) is 1.70. The number of nitrogens with one attached hydrogen (secondary N) is 1. The van der Waals surface area contributed by atoms with E-state index in [2.05, 4.69) is 44.8 Å². The van der Waals surface area contributed by atoms with Crippen LogP contribution in [0.5, 0.6) is 0 Å². The van der Waals surface area contributed by atoms with E-state index in [-0.39, 0.29) is 36.4 Å². The van der Waals surface area contributed by atoms with Crippen LogP contribution in [0.2, 0.25) is 0 Å². The van der Waals surface area contributed by atoms with Crippen LogP contribution in [0.25, 0.3) is 0 Å². The molecule has 0 unspecified atom stereocenters. The predicted molar refractivity (Wildman–Crippen MR) is 168 cm³/mol. The molecule has 0 radical (unpaired) electrons. The summed E-state index contributed by atoms with van der Waals surface area (Å²) in [5, 5.41) is 10.9. The average molecular weight is 569 g/mol. The van der Waals surface area contributed by atoms with Gasteiger partial charge in [0.15, 0.2) is 0 Å². The second kappa shape index (κ2) is 21.8. The van der Waals surface area contributed by atoms with E-state index in [1.807, 2.05) is 31.7 Å². The molecular formula is C32H64N4O4. The Morgan fingerprint density at radius 3 is 1.88 bits per heavy atom. The molecule has 2 rings (SSSR count). The minimum absolute atomic E-state index is 0.0345. The maximum absolute atomic E-state index is 12.6. The summed E-state index contributed by atoms with van der Waals surface area (Å²) in [5.74, 6) is 0.0355. The van der Waals surface area contributed by atoms with Gasteiger partial charge in [0.2, 0.25) is 18.2 Å². The van der Waals surface area contributed by atoms with Gasteiger partial charge in [0.05, 0.1) is 18.2 Å². The minimum Gasteiger partial charge on any atom is -0.391 e. The number of aliphatic hydroxyl groups is 1. The molecule has 0 bridgehead atoms. The molecule has 2 aliphatic rings. The number of likely N-dealkylation sites (tertiary alicyclic amines) is 2. The number of amides is 3. The number of carbonyl (C=O) groups excluding carboxylic acids is 3. The van der Waals surface area contributed by atoms with Gasteiger partial charge in [0.1, 0.15) is 0 Å². The first kappa shape index (κ1) is 40.2. The quantitative estimate of drug-likeness (QED) is 0.308. The Morgan fingerprint density at radius 1 is 1.02 bits per heavy atom. The molecular weight excluding hydrogens is 504 g/mol. The largest absolute Gasteiger partial charge is 0.391 e. The fraction of sp³-hybridized carbons (Fsp3) is 0.844. The highest BCUT2D eigenvalue weighted by molar-refractivity contribution is 5.93. The number of nitrogens with zero attached hydrogens (tertiary/aromatic N) is 3. The van der Waals surface area contributed by atoms with Crippen LogP contribution in [0.4, 0.5) is 0 Å². The van der Waals surface area contributed by atoms with Crippen LogP contribution in [0, 0.1) is 5.92 Å². The van der Waals surface area contributed by atoms with Gasteiger partial charge in [-0.3, -0.25) is 14.4 Å². The van der Waals surface area contributed by atoms with Crippen molar-refractivity contribution in [3.8, 4) is 0 Å². The number of hydrogen-bond donors (Lipinski definition) is 2. The molecule has 3 amide bonds. The summed E-state index contributed by atoms with van der Waals surface area (Å²) in [4.78, 5) is 41.0. The van der Waals surface area contributed by atoms with E-state index >= 15 is 0 Å². The summed E-state index contributed by atoms with van der Waals surface area (Å²) in [6, 6.07) is 0.864. The van der Waals surface area contributed by atoms with E-state index in [1.54, 1.807) is 32.7 Å². The maximum Gasteiger partial charge on any atom is 0.249 e. The third kappa shape index (κ3) is 19.2. The van der Waals surface area contributed by atoms with Crippen molar-refractivity contribution in [1.29, 1.82) is 0 Å². The number of likely N-dealkylation sites (N-methyl/N-ethyl adjacent to an activating group) is 1. The van der Waals surface area contributed by atoms with E-state index in [1.165, 1.54) is 38.8 Å². The van der Waals surface area contributed by atoms with Gasteiger partial charge in [-0.2, -0.15) is 0 Å². The maximum atomic E-state index is 12.6. The van der Waals surface area contributed by atoms with Gasteiger partial charge < -0.3 is 25.1 Å². The first-order valence-corrected chi connectivity index (χ1v) is 15.4. The average Bonchev–Trinajstić information content (AvgIpc) is 3.30. The van der Waals surface area contributed by atoms with Crippen molar-refractivity contribution in [2.75, 3.05) is 33.2 Å². The number of hydrogen-bond acceptors (Lipinski definition) is 5. The zero-order chi connectivity index (χ0) is 31.5. The summed E-state index contributed by atoms with van der Waals surface area (Å²) in [5.41, 5.74) is 0.167. The summed E-state index contributed by atoms with van der Waals surface area (Å²) in [6.07, 6.45) is 10.00. The van der Waals surface area contributed by atoms with Crippen LogP contribution in [-0.4, -0.2) is 95.0 Å². The van der Waals surface area contributed by atoms with E-state index in [0.29, 0.717) is 12.0 Å². The van der Waals surface area contributed by atoms with Crippen molar-refractivity contribution in [2.45, 2.75) is 138 Å². The molecule has 2 heterocycles. The molecule has 236 valence electrons. The van der Waals surface area contributed by atoms with E-state index in [4.69, 9.17) is 5.11 Å². The zero-order valence-corrected chi connectivity index (χ0v) is 28.0. The Labute approximate surface area is 246 Å². The Bertz CT molecular complexity index is 719. The molecule has 40 heavy (non-hydrogen) atoms. The summed E-state index contributed by atoms with van der Waals surface area (Å²) >= 11 is 0. The van der Waals surface area contributed by atoms with Crippen molar-refractivity contribution in [2.24, 2.45) is 5.92 Å². The van der Waals surface area contributed by atoms with Crippen LogP contribution in [-0.2, 0) is 14.4 Å². The normalized spacial score (nSPS) is 18.4. The first-order valence-electron chi connectivity index (χ1n) is 15.4. The molecule has 0 aromatic rings. The fourth-order valence-corrected chi connectivity index (χ4v) is 4.40. The lowest BCUT2D eigenvalue weighted by Gasteiger charge is -2.30. The highest BCUT2D eigenvalue weighted by Crippen LogP contribution is 2.20. The van der Waals surface area contributed by atoms with Crippen LogP contribution in [0.3, 0.4) is 0 Å². The molecule has 0 spiro atoms. The lowest BCUT2D eigenvalue weighted by molar-refractivity contribution is -0.132. The predicted octanol–water partition coefficient (Wildman–Crippen LogP) is 5.25. The van der Waals surface area contributed by atoms with E-state index in [0.717, 1.165) is 25.4 Å². The smallest absolute Gasteiger partial charge is 0.249 e. The molecule has 0 aromatic heterocycles. The van der Waals surface area contributed by atoms with Crippen molar-refractivity contribution in [1.82, 2.24) is 20.0 Å². The summed E-state index contributed by atoms with van der Waals surface area (Å²) < 4.78 is 0. The summed E-state index contributed by atoms with van der Waals surface area (Å²) in [6.45, 7) is 25.4. The monoisotopic (exact) mass is 568 g/mol. The molecule has 2 atom stereocenters. The number of piperidine rings is 1. The standard InChI is InChI=1S/C17H29N3O3.C8H17N.C4H10O.C3H8/c1-12(2)15(19(5)16(22)10-18-11-21)9-13(3)17(23)20-8-6-7-14(20)4;1-8(2)9-6-4-3-5-7-9;1-4(2,3)5;1-3-2/h9,11-12,14-15H,6-8,10H2,1-5H3,(H,18,21);8H,3-7H2,1-2H3;5H,1-3H3;3H2,1-2H3/b13-9+;;;/t14-,15-;;;/m1.../s1. The molecule has 2 fully saturated rings.